The maximum Gasteiger partial charge on any atom is 0.241 e. The van der Waals surface area contributed by atoms with Crippen LogP contribution in [0.3, 0.4) is 0 Å². The first-order valence-electron chi connectivity index (χ1n) is 9.93. The van der Waals surface area contributed by atoms with E-state index in [1.165, 1.54) is 0 Å². The predicted molar refractivity (Wildman–Crippen MR) is 114 cm³/mol. The minimum absolute atomic E-state index is 0.161. The molecule has 2 unspecified atom stereocenters. The summed E-state index contributed by atoms with van der Waals surface area (Å²) in [7, 11) is -3.78. The molecule has 0 fully saturated rings. The second kappa shape index (κ2) is 10.0. The Morgan fingerprint density at radius 3 is 2.34 bits per heavy atom. The average molecular weight is 421 g/mol. The summed E-state index contributed by atoms with van der Waals surface area (Å²) < 4.78 is 30.1. The van der Waals surface area contributed by atoms with Crippen molar-refractivity contribution < 1.29 is 13.2 Å². The Labute approximate surface area is 174 Å². The first-order chi connectivity index (χ1) is 13.6. The van der Waals surface area contributed by atoms with Gasteiger partial charge in [0.15, 0.2) is 0 Å². The molecule has 29 heavy (non-hydrogen) atoms. The number of hydrogen-bond acceptors (Lipinski definition) is 4. The Bertz CT molecular complexity index is 904. The van der Waals surface area contributed by atoms with Gasteiger partial charge in [0.1, 0.15) is 11.9 Å². The van der Waals surface area contributed by atoms with Crippen LogP contribution in [0.25, 0.3) is 0 Å². The Morgan fingerprint density at radius 1 is 1.14 bits per heavy atom. The van der Waals surface area contributed by atoms with Gasteiger partial charge in [-0.3, -0.25) is 4.79 Å². The molecule has 1 heterocycles. The van der Waals surface area contributed by atoms with E-state index in [9.17, 15) is 13.2 Å². The fraction of sp³-hybridized carbons (Fsp3) is 0.524. The van der Waals surface area contributed by atoms with Crippen molar-refractivity contribution in [3.63, 3.8) is 0 Å². The molecule has 1 aromatic carbocycles. The number of amides is 1. The third-order valence-corrected chi connectivity index (χ3v) is 6.20. The summed E-state index contributed by atoms with van der Waals surface area (Å²) in [5, 5.41) is 2.90. The summed E-state index contributed by atoms with van der Waals surface area (Å²) in [6.45, 7) is 11.0. The number of hydrogen-bond donors (Lipinski definition) is 2. The molecule has 2 aromatic rings. The van der Waals surface area contributed by atoms with E-state index in [0.29, 0.717) is 13.0 Å². The lowest BCUT2D eigenvalue weighted by Gasteiger charge is -2.22. The molecule has 0 aliphatic carbocycles. The fourth-order valence-corrected chi connectivity index (χ4v) is 4.26. The second-order valence-electron chi connectivity index (χ2n) is 8.09. The van der Waals surface area contributed by atoms with Crippen molar-refractivity contribution in [2.24, 2.45) is 11.8 Å². The molecule has 2 rings (SSSR count). The van der Waals surface area contributed by atoms with Crippen LogP contribution in [0.5, 0.6) is 0 Å². The molecule has 0 bridgehead atoms. The van der Waals surface area contributed by atoms with E-state index in [1.54, 1.807) is 30.5 Å². The summed E-state index contributed by atoms with van der Waals surface area (Å²) in [6, 6.07) is 5.77. The number of rotatable bonds is 10. The van der Waals surface area contributed by atoms with Crippen LogP contribution in [0.1, 0.15) is 38.6 Å². The first-order valence-corrected chi connectivity index (χ1v) is 11.4. The van der Waals surface area contributed by atoms with Gasteiger partial charge < -0.3 is 9.88 Å². The molecule has 0 spiro atoms. The number of aryl methyl sites for hydroxylation is 2. The van der Waals surface area contributed by atoms with E-state index in [0.717, 1.165) is 17.9 Å². The van der Waals surface area contributed by atoms with Crippen LogP contribution in [0, 0.1) is 25.7 Å². The van der Waals surface area contributed by atoms with E-state index in [1.807, 2.05) is 45.4 Å². The largest absolute Gasteiger partial charge is 0.354 e. The van der Waals surface area contributed by atoms with Crippen molar-refractivity contribution >= 4 is 15.9 Å². The zero-order valence-corrected chi connectivity index (χ0v) is 18.7. The molecule has 2 atom stereocenters. The molecule has 0 saturated heterocycles. The van der Waals surface area contributed by atoms with Crippen LogP contribution in [-0.2, 0) is 21.4 Å². The molecule has 0 aliphatic rings. The molecule has 2 N–H and O–H groups in total. The molecule has 160 valence electrons. The maximum absolute atomic E-state index is 12.8. The van der Waals surface area contributed by atoms with Crippen LogP contribution in [-0.4, -0.2) is 36.5 Å². The third kappa shape index (κ3) is 6.97. The van der Waals surface area contributed by atoms with Crippen LogP contribution >= 0.6 is 0 Å². The molecule has 1 amide bonds. The van der Waals surface area contributed by atoms with Gasteiger partial charge in [0.2, 0.25) is 15.9 Å². The van der Waals surface area contributed by atoms with Gasteiger partial charge in [0, 0.05) is 25.5 Å². The van der Waals surface area contributed by atoms with E-state index >= 15 is 0 Å². The quantitative estimate of drug-likeness (QED) is 0.618. The van der Waals surface area contributed by atoms with Gasteiger partial charge in [-0.1, -0.05) is 38.5 Å². The van der Waals surface area contributed by atoms with Gasteiger partial charge in [0.05, 0.1) is 4.90 Å². The Balaban J connectivity index is 2.01. The zero-order valence-electron chi connectivity index (χ0n) is 17.8. The highest BCUT2D eigenvalue weighted by Gasteiger charge is 2.26. The lowest BCUT2D eigenvalue weighted by molar-refractivity contribution is -0.123. The number of carbonyl (C=O) groups excluding carboxylic acids is 1. The molecule has 0 radical (unpaired) electrons. The standard InChI is InChI=1S/C21H32N4O3S/c1-15(2)12-20(24-29(27,28)19-8-6-16(3)7-9-19)21(26)23-13-17(4)14-25-11-10-22-18(25)5/h6-11,15,17,20,24H,12-14H2,1-5H3,(H,23,26). The normalized spacial score (nSPS) is 14.0. The highest BCUT2D eigenvalue weighted by atomic mass is 32.2. The molecule has 0 saturated carbocycles. The molecule has 0 aliphatic heterocycles. The Kier molecular flexibility index (Phi) is 7.98. The third-order valence-electron chi connectivity index (χ3n) is 4.71. The smallest absolute Gasteiger partial charge is 0.241 e. The minimum Gasteiger partial charge on any atom is -0.354 e. The maximum atomic E-state index is 12.8. The molecule has 7 nitrogen and oxygen atoms in total. The van der Waals surface area contributed by atoms with E-state index in [4.69, 9.17) is 0 Å². The van der Waals surface area contributed by atoms with E-state index in [-0.39, 0.29) is 22.6 Å². The number of benzene rings is 1. The monoisotopic (exact) mass is 420 g/mol. The Hall–Kier alpha value is -2.19. The minimum atomic E-state index is -3.78. The summed E-state index contributed by atoms with van der Waals surface area (Å²) in [4.78, 5) is 17.1. The lowest BCUT2D eigenvalue weighted by Crippen LogP contribution is -2.48. The zero-order chi connectivity index (χ0) is 21.6. The molecule has 8 heteroatoms. The number of nitrogens with one attached hydrogen (secondary N) is 2. The van der Waals surface area contributed by atoms with Crippen molar-refractivity contribution in [2.45, 2.75) is 58.5 Å². The van der Waals surface area contributed by atoms with Crippen LogP contribution in [0.4, 0.5) is 0 Å². The summed E-state index contributed by atoms with van der Waals surface area (Å²) in [5.41, 5.74) is 0.975. The van der Waals surface area contributed by atoms with E-state index < -0.39 is 16.1 Å². The lowest BCUT2D eigenvalue weighted by atomic mass is 10.0. The number of imidazole rings is 1. The average Bonchev–Trinajstić information content (AvgIpc) is 3.03. The number of aromatic nitrogens is 2. The molecular weight excluding hydrogens is 388 g/mol. The Morgan fingerprint density at radius 2 is 1.79 bits per heavy atom. The summed E-state index contributed by atoms with van der Waals surface area (Å²) in [5.74, 6) is 0.966. The van der Waals surface area contributed by atoms with Crippen LogP contribution in [0.2, 0.25) is 0 Å². The number of carbonyl (C=O) groups is 1. The van der Waals surface area contributed by atoms with Gasteiger partial charge in [-0.2, -0.15) is 4.72 Å². The van der Waals surface area contributed by atoms with Crippen LogP contribution < -0.4 is 10.0 Å². The number of nitrogens with zero attached hydrogens (tertiary/aromatic N) is 2. The number of sulfonamides is 1. The molecule has 1 aromatic heterocycles. The van der Waals surface area contributed by atoms with Gasteiger partial charge in [-0.15, -0.1) is 0 Å². The van der Waals surface area contributed by atoms with Crippen molar-refractivity contribution in [2.75, 3.05) is 6.54 Å². The second-order valence-corrected chi connectivity index (χ2v) is 9.81. The van der Waals surface area contributed by atoms with Crippen molar-refractivity contribution in [1.29, 1.82) is 0 Å². The molecular formula is C21H32N4O3S. The summed E-state index contributed by atoms with van der Waals surface area (Å²) >= 11 is 0. The van der Waals surface area contributed by atoms with Gasteiger partial charge in [0.25, 0.3) is 0 Å². The van der Waals surface area contributed by atoms with Crippen molar-refractivity contribution in [3.05, 3.63) is 48.0 Å². The van der Waals surface area contributed by atoms with Crippen molar-refractivity contribution in [1.82, 2.24) is 19.6 Å². The van der Waals surface area contributed by atoms with Gasteiger partial charge >= 0.3 is 0 Å². The van der Waals surface area contributed by atoms with Crippen LogP contribution in [0.15, 0.2) is 41.6 Å². The highest BCUT2D eigenvalue weighted by molar-refractivity contribution is 7.89. The van der Waals surface area contributed by atoms with E-state index in [2.05, 4.69) is 15.0 Å². The predicted octanol–water partition coefficient (Wildman–Crippen LogP) is 2.65. The topological polar surface area (TPSA) is 93.1 Å². The van der Waals surface area contributed by atoms with Gasteiger partial charge in [-0.25, -0.2) is 13.4 Å². The fourth-order valence-electron chi connectivity index (χ4n) is 3.05. The van der Waals surface area contributed by atoms with Gasteiger partial charge in [-0.05, 0) is 44.2 Å². The SMILES string of the molecule is Cc1ccc(S(=O)(=O)NC(CC(C)C)C(=O)NCC(C)Cn2ccnc2C)cc1. The summed E-state index contributed by atoms with van der Waals surface area (Å²) in [6.07, 6.45) is 4.08. The van der Waals surface area contributed by atoms with Crippen molar-refractivity contribution in [3.8, 4) is 0 Å². The highest BCUT2D eigenvalue weighted by Crippen LogP contribution is 2.13. The first kappa shape index (κ1) is 23.1.